The minimum atomic E-state index is -0.322. The number of hydrogen-bond acceptors (Lipinski definition) is 6. The van der Waals surface area contributed by atoms with Gasteiger partial charge in [-0.05, 0) is 24.1 Å². The molecule has 0 saturated heterocycles. The Bertz CT molecular complexity index is 1090. The van der Waals surface area contributed by atoms with E-state index in [4.69, 9.17) is 4.52 Å². The predicted octanol–water partition coefficient (Wildman–Crippen LogP) is 3.26. The molecule has 4 rings (SSSR count). The third-order valence-electron chi connectivity index (χ3n) is 4.72. The van der Waals surface area contributed by atoms with Crippen LogP contribution in [0.5, 0.6) is 0 Å². The van der Waals surface area contributed by atoms with Crippen molar-refractivity contribution < 1.29 is 14.1 Å². The van der Waals surface area contributed by atoms with Crippen LogP contribution in [0, 0.1) is 0 Å². The average molecular weight is 403 g/mol. The van der Waals surface area contributed by atoms with Crippen molar-refractivity contribution in [2.24, 2.45) is 5.10 Å². The Labute approximate surface area is 173 Å². The van der Waals surface area contributed by atoms with Gasteiger partial charge in [0.2, 0.25) is 17.6 Å². The first-order valence-electron chi connectivity index (χ1n) is 9.78. The van der Waals surface area contributed by atoms with Crippen molar-refractivity contribution in [2.75, 3.05) is 11.9 Å². The van der Waals surface area contributed by atoms with E-state index < -0.39 is 0 Å². The monoisotopic (exact) mass is 403 g/mol. The Kier molecular flexibility index (Phi) is 5.65. The molecular weight excluding hydrogens is 382 g/mol. The van der Waals surface area contributed by atoms with Gasteiger partial charge in [0.05, 0.1) is 0 Å². The summed E-state index contributed by atoms with van der Waals surface area (Å²) in [6.45, 7) is 1.86. The zero-order valence-corrected chi connectivity index (χ0v) is 16.5. The van der Waals surface area contributed by atoms with Crippen molar-refractivity contribution in [1.82, 2.24) is 15.1 Å². The molecule has 1 aromatic heterocycles. The quantitative estimate of drug-likeness (QED) is 0.681. The first-order valence-corrected chi connectivity index (χ1v) is 9.78. The third-order valence-corrected chi connectivity index (χ3v) is 4.72. The summed E-state index contributed by atoms with van der Waals surface area (Å²) in [6.07, 6.45) is 1.48. The zero-order chi connectivity index (χ0) is 20.9. The molecule has 8 heteroatoms. The highest BCUT2D eigenvalue weighted by Gasteiger charge is 2.26. The van der Waals surface area contributed by atoms with Crippen LogP contribution < -0.4 is 5.32 Å². The molecule has 1 aliphatic rings. The van der Waals surface area contributed by atoms with Gasteiger partial charge in [-0.1, -0.05) is 54.5 Å². The molecule has 0 atom stereocenters. The molecule has 30 heavy (non-hydrogen) atoms. The van der Waals surface area contributed by atoms with E-state index in [1.807, 2.05) is 61.5 Å². The van der Waals surface area contributed by atoms with Gasteiger partial charge in [-0.2, -0.15) is 10.1 Å². The number of amides is 2. The molecule has 152 valence electrons. The summed E-state index contributed by atoms with van der Waals surface area (Å²) in [7, 11) is 0. The molecule has 0 unspecified atom stereocenters. The van der Waals surface area contributed by atoms with Gasteiger partial charge >= 0.3 is 0 Å². The van der Waals surface area contributed by atoms with E-state index in [0.717, 1.165) is 22.6 Å². The van der Waals surface area contributed by atoms with E-state index in [9.17, 15) is 9.59 Å². The van der Waals surface area contributed by atoms with Crippen LogP contribution in [-0.4, -0.2) is 39.2 Å². The summed E-state index contributed by atoms with van der Waals surface area (Å²) < 4.78 is 5.34. The lowest BCUT2D eigenvalue weighted by Gasteiger charge is -2.21. The normalized spacial score (nSPS) is 13.8. The van der Waals surface area contributed by atoms with Gasteiger partial charge in [0, 0.05) is 24.1 Å². The number of nitrogens with one attached hydrogen (secondary N) is 1. The maximum Gasteiger partial charge on any atom is 0.274 e. The second kappa shape index (κ2) is 8.69. The fraction of sp³-hybridized carbons (Fsp3) is 0.227. The van der Waals surface area contributed by atoms with Crippen LogP contribution in [0.1, 0.15) is 31.2 Å². The van der Waals surface area contributed by atoms with Crippen LogP contribution in [0.15, 0.2) is 64.2 Å². The topological polar surface area (TPSA) is 101 Å². The number of hydrogen-bond donors (Lipinski definition) is 1. The Hall–Kier alpha value is -3.81. The molecule has 2 aromatic carbocycles. The fourth-order valence-electron chi connectivity index (χ4n) is 3.13. The zero-order valence-electron chi connectivity index (χ0n) is 16.5. The molecule has 0 aliphatic carbocycles. The highest BCUT2D eigenvalue weighted by atomic mass is 16.5. The minimum Gasteiger partial charge on any atom is -0.332 e. The second-order valence-corrected chi connectivity index (χ2v) is 6.89. The van der Waals surface area contributed by atoms with Crippen LogP contribution in [-0.2, 0) is 16.0 Å². The molecule has 8 nitrogen and oxygen atoms in total. The number of hydrazone groups is 1. The van der Waals surface area contributed by atoms with Crippen LogP contribution in [0.4, 0.5) is 5.69 Å². The SMILES string of the molecule is CCc1cccc(NC(=O)CN2N=C(c3nc(-c4ccccc4)no3)CCC2=O)c1. The summed E-state index contributed by atoms with van der Waals surface area (Å²) >= 11 is 0. The summed E-state index contributed by atoms with van der Waals surface area (Å²) in [5.74, 6) is 0.156. The van der Waals surface area contributed by atoms with Crippen LogP contribution in [0.25, 0.3) is 11.4 Å². The molecule has 2 amide bonds. The van der Waals surface area contributed by atoms with Crippen molar-refractivity contribution in [1.29, 1.82) is 0 Å². The average Bonchev–Trinajstić information content (AvgIpc) is 3.26. The standard InChI is InChI=1S/C22H21N5O3/c1-2-15-7-6-10-17(13-15)23-19(28)14-27-20(29)12-11-18(25-27)22-24-21(26-30-22)16-8-4-3-5-9-16/h3-10,13H,2,11-12,14H2,1H3,(H,23,28). The Morgan fingerprint density at radius 2 is 1.97 bits per heavy atom. The number of rotatable bonds is 6. The highest BCUT2D eigenvalue weighted by molar-refractivity contribution is 6.02. The molecular formula is C22H21N5O3. The lowest BCUT2D eigenvalue weighted by molar-refractivity contribution is -0.135. The lowest BCUT2D eigenvalue weighted by Crippen LogP contribution is -2.38. The summed E-state index contributed by atoms with van der Waals surface area (Å²) in [5.41, 5.74) is 3.13. The number of aryl methyl sites for hydroxylation is 1. The number of benzene rings is 2. The summed E-state index contributed by atoms with van der Waals surface area (Å²) in [6, 6.07) is 17.0. The fourth-order valence-corrected chi connectivity index (χ4v) is 3.13. The molecule has 0 bridgehead atoms. The third kappa shape index (κ3) is 4.43. The van der Waals surface area contributed by atoms with Gasteiger partial charge < -0.3 is 9.84 Å². The molecule has 3 aromatic rings. The van der Waals surface area contributed by atoms with Crippen molar-refractivity contribution >= 4 is 23.2 Å². The Morgan fingerprint density at radius 3 is 2.77 bits per heavy atom. The van der Waals surface area contributed by atoms with Gasteiger partial charge in [0.1, 0.15) is 12.3 Å². The smallest absolute Gasteiger partial charge is 0.274 e. The first kappa shape index (κ1) is 19.5. The molecule has 0 saturated carbocycles. The highest BCUT2D eigenvalue weighted by Crippen LogP contribution is 2.19. The largest absolute Gasteiger partial charge is 0.332 e. The maximum absolute atomic E-state index is 12.4. The van der Waals surface area contributed by atoms with Crippen LogP contribution in [0.2, 0.25) is 0 Å². The first-order chi connectivity index (χ1) is 14.6. The predicted molar refractivity (Wildman–Crippen MR) is 112 cm³/mol. The van der Waals surface area contributed by atoms with Gasteiger partial charge in [0.15, 0.2) is 0 Å². The van der Waals surface area contributed by atoms with Crippen LogP contribution in [0.3, 0.4) is 0 Å². The number of aromatic nitrogens is 2. The van der Waals surface area contributed by atoms with Crippen molar-refractivity contribution in [3.63, 3.8) is 0 Å². The number of carbonyl (C=O) groups is 2. The molecule has 0 fully saturated rings. The van der Waals surface area contributed by atoms with Gasteiger partial charge in [0.25, 0.3) is 5.89 Å². The van der Waals surface area contributed by atoms with Gasteiger partial charge in [-0.25, -0.2) is 5.01 Å². The summed E-state index contributed by atoms with van der Waals surface area (Å²) in [4.78, 5) is 29.1. The van der Waals surface area contributed by atoms with E-state index >= 15 is 0 Å². The van der Waals surface area contributed by atoms with Gasteiger partial charge in [-0.3, -0.25) is 9.59 Å². The van der Waals surface area contributed by atoms with Crippen molar-refractivity contribution in [2.45, 2.75) is 26.2 Å². The molecule has 1 aliphatic heterocycles. The lowest BCUT2D eigenvalue weighted by atomic mass is 10.1. The summed E-state index contributed by atoms with van der Waals surface area (Å²) in [5, 5.41) is 12.3. The maximum atomic E-state index is 12.4. The van der Waals surface area contributed by atoms with E-state index in [1.165, 1.54) is 0 Å². The van der Waals surface area contributed by atoms with E-state index in [-0.39, 0.29) is 30.7 Å². The Balaban J connectivity index is 1.47. The molecule has 2 heterocycles. The van der Waals surface area contributed by atoms with Crippen molar-refractivity contribution in [3.8, 4) is 11.4 Å². The molecule has 0 spiro atoms. The molecule has 0 radical (unpaired) electrons. The van der Waals surface area contributed by atoms with E-state index in [1.54, 1.807) is 0 Å². The number of anilines is 1. The van der Waals surface area contributed by atoms with E-state index in [2.05, 4.69) is 20.6 Å². The molecule has 1 N–H and O–H groups in total. The van der Waals surface area contributed by atoms with Crippen molar-refractivity contribution in [3.05, 3.63) is 66.1 Å². The number of nitrogens with zero attached hydrogens (tertiary/aromatic N) is 4. The van der Waals surface area contributed by atoms with Crippen LogP contribution >= 0.6 is 0 Å². The van der Waals surface area contributed by atoms with E-state index in [0.29, 0.717) is 23.6 Å². The number of carbonyl (C=O) groups excluding carboxylic acids is 2. The second-order valence-electron chi connectivity index (χ2n) is 6.89. The minimum absolute atomic E-state index is 0.182. The van der Waals surface area contributed by atoms with Gasteiger partial charge in [-0.15, -0.1) is 0 Å². The Morgan fingerprint density at radius 1 is 1.13 bits per heavy atom.